The van der Waals surface area contributed by atoms with Gasteiger partial charge in [-0.1, -0.05) is 5.11 Å². The summed E-state index contributed by atoms with van der Waals surface area (Å²) in [6, 6.07) is -1.23. The molecule has 1 atom stereocenters. The number of nitrogens with zero attached hydrogens (tertiary/aromatic N) is 4. The molecule has 156 valence electrons. The Morgan fingerprint density at radius 3 is 2.07 bits per heavy atom. The van der Waals surface area contributed by atoms with Crippen LogP contribution in [0, 0.1) is 0 Å². The number of azide groups is 1. The molecular weight excluding hydrogens is 366 g/mol. The minimum Gasteiger partial charge on any atom is -0.444 e. The van der Waals surface area contributed by atoms with Crippen molar-refractivity contribution in [2.24, 2.45) is 5.11 Å². The Labute approximate surface area is 157 Å². The summed E-state index contributed by atoms with van der Waals surface area (Å²) in [6.07, 6.45) is -2.81. The van der Waals surface area contributed by atoms with E-state index in [0.717, 1.165) is 4.90 Å². The maximum Gasteiger partial charge on any atom is 0.508 e. The van der Waals surface area contributed by atoms with Gasteiger partial charge >= 0.3 is 12.2 Å². The van der Waals surface area contributed by atoms with Crippen molar-refractivity contribution in [3.05, 3.63) is 10.4 Å². The lowest BCUT2D eigenvalue weighted by Gasteiger charge is -2.32. The van der Waals surface area contributed by atoms with Crippen molar-refractivity contribution in [3.63, 3.8) is 0 Å². The van der Waals surface area contributed by atoms with Crippen LogP contribution in [0.2, 0.25) is 0 Å². The average Bonchev–Trinajstić information content (AvgIpc) is 2.45. The summed E-state index contributed by atoms with van der Waals surface area (Å²) in [4.78, 5) is 27.1. The first kappa shape index (κ1) is 24.7. The highest BCUT2D eigenvalue weighted by Crippen LogP contribution is 2.25. The lowest BCUT2D eigenvalue weighted by Crippen LogP contribution is -2.46. The molecule has 27 heavy (non-hydrogen) atoms. The lowest BCUT2D eigenvalue weighted by molar-refractivity contribution is -0.0519. The third kappa shape index (κ3) is 11.8. The molecule has 0 bridgehead atoms. The smallest absolute Gasteiger partial charge is 0.444 e. The Balaban J connectivity index is 5.22. The van der Waals surface area contributed by atoms with Gasteiger partial charge in [0, 0.05) is 18.4 Å². The summed E-state index contributed by atoms with van der Waals surface area (Å²) in [6.45, 7) is 8.10. The standard InChI is InChI=1S/C16H28F2N4O5/c1-14(2,3)26-12(23)22(7)11(8-16(17,18)10-20-21-19)9-25-13(24)27-15(4,5)6/h11H,8-10H2,1-7H3. The van der Waals surface area contributed by atoms with Crippen LogP contribution in [-0.2, 0) is 14.2 Å². The van der Waals surface area contributed by atoms with Gasteiger partial charge in [-0.05, 0) is 47.1 Å². The lowest BCUT2D eigenvalue weighted by atomic mass is 10.1. The number of hydrogen-bond acceptors (Lipinski definition) is 6. The van der Waals surface area contributed by atoms with Gasteiger partial charge in [0.05, 0.1) is 12.6 Å². The molecule has 0 saturated heterocycles. The molecule has 11 heteroatoms. The van der Waals surface area contributed by atoms with Crippen molar-refractivity contribution < 1.29 is 32.6 Å². The number of ether oxygens (including phenoxy) is 3. The Hall–Kier alpha value is -2.29. The summed E-state index contributed by atoms with van der Waals surface area (Å²) in [5.74, 6) is -3.41. The Morgan fingerprint density at radius 2 is 1.63 bits per heavy atom. The second kappa shape index (κ2) is 9.59. The van der Waals surface area contributed by atoms with Crippen molar-refractivity contribution in [2.45, 2.75) is 71.1 Å². The fourth-order valence-electron chi connectivity index (χ4n) is 1.78. The van der Waals surface area contributed by atoms with E-state index in [0.29, 0.717) is 0 Å². The van der Waals surface area contributed by atoms with Crippen LogP contribution in [0.3, 0.4) is 0 Å². The summed E-state index contributed by atoms with van der Waals surface area (Å²) < 4.78 is 43.0. The predicted molar refractivity (Wildman–Crippen MR) is 93.5 cm³/mol. The van der Waals surface area contributed by atoms with E-state index >= 15 is 0 Å². The minimum absolute atomic E-state index is 0.545. The minimum atomic E-state index is -3.41. The maximum absolute atomic E-state index is 14.0. The van der Waals surface area contributed by atoms with Gasteiger partial charge in [0.25, 0.3) is 5.92 Å². The molecule has 0 aromatic rings. The molecule has 0 aliphatic rings. The van der Waals surface area contributed by atoms with E-state index in [9.17, 15) is 18.4 Å². The van der Waals surface area contributed by atoms with Gasteiger partial charge in [-0.3, -0.25) is 0 Å². The van der Waals surface area contributed by atoms with Crippen molar-refractivity contribution >= 4 is 12.2 Å². The van der Waals surface area contributed by atoms with Gasteiger partial charge in [-0.25, -0.2) is 18.4 Å². The number of alkyl halides is 2. The second-order valence-electron chi connectivity index (χ2n) is 7.97. The van der Waals surface area contributed by atoms with Crippen LogP contribution < -0.4 is 0 Å². The van der Waals surface area contributed by atoms with Crippen LogP contribution in [-0.4, -0.2) is 60.5 Å². The van der Waals surface area contributed by atoms with Crippen LogP contribution >= 0.6 is 0 Å². The first-order valence-electron chi connectivity index (χ1n) is 8.26. The van der Waals surface area contributed by atoms with Gasteiger partial charge in [-0.2, -0.15) is 0 Å². The number of likely N-dealkylation sites (N-methyl/N-ethyl adjacent to an activating group) is 1. The number of rotatable bonds is 7. The maximum atomic E-state index is 14.0. The molecule has 0 fully saturated rings. The molecule has 9 nitrogen and oxygen atoms in total. The Kier molecular flexibility index (Phi) is 8.78. The highest BCUT2D eigenvalue weighted by atomic mass is 19.3. The van der Waals surface area contributed by atoms with Crippen LogP contribution in [0.15, 0.2) is 5.11 Å². The number of carbonyl (C=O) groups excluding carboxylic acids is 2. The Bertz CT molecular complexity index is 566. The summed E-state index contributed by atoms with van der Waals surface area (Å²) in [5, 5.41) is 2.87. The predicted octanol–water partition coefficient (Wildman–Crippen LogP) is 4.51. The summed E-state index contributed by atoms with van der Waals surface area (Å²) in [5.41, 5.74) is 6.57. The van der Waals surface area contributed by atoms with E-state index < -0.39 is 55.0 Å². The monoisotopic (exact) mass is 394 g/mol. The number of halogens is 2. The largest absolute Gasteiger partial charge is 0.508 e. The van der Waals surface area contributed by atoms with E-state index in [1.165, 1.54) is 7.05 Å². The first-order valence-corrected chi connectivity index (χ1v) is 8.26. The molecule has 0 aliphatic heterocycles. The number of amides is 1. The van der Waals surface area contributed by atoms with E-state index in [1.807, 2.05) is 0 Å². The van der Waals surface area contributed by atoms with Crippen LogP contribution in [0.5, 0.6) is 0 Å². The first-order chi connectivity index (χ1) is 12.1. The zero-order chi connectivity index (χ0) is 21.5. The van der Waals surface area contributed by atoms with Crippen molar-refractivity contribution in [2.75, 3.05) is 20.2 Å². The molecule has 0 heterocycles. The third-order valence-corrected chi connectivity index (χ3v) is 2.91. The van der Waals surface area contributed by atoms with Gasteiger partial charge in [-0.15, -0.1) is 0 Å². The molecule has 0 aromatic carbocycles. The van der Waals surface area contributed by atoms with Gasteiger partial charge < -0.3 is 19.1 Å². The van der Waals surface area contributed by atoms with E-state index in [2.05, 4.69) is 10.0 Å². The van der Waals surface area contributed by atoms with Gasteiger partial charge in [0.15, 0.2) is 0 Å². The molecule has 0 spiro atoms. The molecule has 0 aromatic heterocycles. The number of carbonyl (C=O) groups is 2. The molecule has 1 unspecified atom stereocenters. The molecule has 0 aliphatic carbocycles. The fraction of sp³-hybridized carbons (Fsp3) is 0.875. The van der Waals surface area contributed by atoms with E-state index in [1.54, 1.807) is 41.5 Å². The highest BCUT2D eigenvalue weighted by molar-refractivity contribution is 5.68. The zero-order valence-electron chi connectivity index (χ0n) is 16.8. The number of hydrogen-bond donors (Lipinski definition) is 0. The molecular formula is C16H28F2N4O5. The SMILES string of the molecule is CN(C(=O)OC(C)(C)C)C(COC(=O)OC(C)(C)C)CC(F)(F)CN=[N+]=[N-]. The van der Waals surface area contributed by atoms with Crippen molar-refractivity contribution in [1.82, 2.24) is 4.90 Å². The van der Waals surface area contributed by atoms with Crippen LogP contribution in [0.25, 0.3) is 10.4 Å². The third-order valence-electron chi connectivity index (χ3n) is 2.91. The van der Waals surface area contributed by atoms with Crippen LogP contribution in [0.4, 0.5) is 18.4 Å². The van der Waals surface area contributed by atoms with Gasteiger partial charge in [0.2, 0.25) is 0 Å². The van der Waals surface area contributed by atoms with Crippen molar-refractivity contribution in [3.8, 4) is 0 Å². The molecule has 0 saturated carbocycles. The molecule has 0 rings (SSSR count). The topological polar surface area (TPSA) is 114 Å². The second-order valence-corrected chi connectivity index (χ2v) is 7.97. The molecule has 0 radical (unpaired) electrons. The zero-order valence-corrected chi connectivity index (χ0v) is 16.8. The summed E-state index contributed by atoms with van der Waals surface area (Å²) in [7, 11) is 1.25. The Morgan fingerprint density at radius 1 is 1.11 bits per heavy atom. The highest BCUT2D eigenvalue weighted by Gasteiger charge is 2.37. The molecule has 0 N–H and O–H groups in total. The van der Waals surface area contributed by atoms with Crippen molar-refractivity contribution in [1.29, 1.82) is 0 Å². The van der Waals surface area contributed by atoms with E-state index in [4.69, 9.17) is 19.7 Å². The van der Waals surface area contributed by atoms with Crippen LogP contribution in [0.1, 0.15) is 48.0 Å². The average molecular weight is 394 g/mol. The van der Waals surface area contributed by atoms with E-state index in [-0.39, 0.29) is 0 Å². The van der Waals surface area contributed by atoms with Gasteiger partial charge in [0.1, 0.15) is 17.8 Å². The summed E-state index contributed by atoms with van der Waals surface area (Å²) >= 11 is 0. The quantitative estimate of drug-likeness (QED) is 0.273. The fourth-order valence-corrected chi connectivity index (χ4v) is 1.78. The molecule has 1 amide bonds. The normalized spacial score (nSPS) is 13.2.